The number of rotatable bonds is 2. The highest BCUT2D eigenvalue weighted by atomic mass is 16.5. The van der Waals surface area contributed by atoms with Crippen molar-refractivity contribution in [1.82, 2.24) is 9.88 Å². The Bertz CT molecular complexity index is 677. The Labute approximate surface area is 122 Å². The van der Waals surface area contributed by atoms with Crippen molar-refractivity contribution in [2.75, 3.05) is 13.7 Å². The summed E-state index contributed by atoms with van der Waals surface area (Å²) in [6, 6.07) is 7.05. The maximum absolute atomic E-state index is 12.7. The summed E-state index contributed by atoms with van der Waals surface area (Å²) in [4.78, 5) is 29.3. The zero-order valence-corrected chi connectivity index (χ0v) is 12.0. The number of carbonyl (C=O) groups is 2. The molecular formula is C16H18N2O3. The molecule has 2 heterocycles. The van der Waals surface area contributed by atoms with Gasteiger partial charge in [0, 0.05) is 23.8 Å². The molecule has 0 unspecified atom stereocenters. The van der Waals surface area contributed by atoms with Gasteiger partial charge in [-0.25, -0.2) is 4.79 Å². The number of methoxy groups -OCH3 is 1. The fraction of sp³-hybridized carbons (Fsp3) is 0.375. The fourth-order valence-corrected chi connectivity index (χ4v) is 2.90. The molecule has 0 spiro atoms. The first-order chi connectivity index (χ1) is 10.2. The van der Waals surface area contributed by atoms with E-state index in [0.717, 1.165) is 23.7 Å². The molecule has 0 saturated carbocycles. The minimum atomic E-state index is -0.462. The van der Waals surface area contributed by atoms with Crippen LogP contribution in [0.1, 0.15) is 29.6 Å². The van der Waals surface area contributed by atoms with Gasteiger partial charge >= 0.3 is 5.97 Å². The standard InChI is InChI=1S/C16H18N2O3/c1-21-16(20)14-4-2-3-9-18(14)15(19)12-6-5-11-7-8-17-13(11)10-12/h5-8,10,14,17H,2-4,9H2,1H3/t14-/m1/s1. The van der Waals surface area contributed by atoms with Crippen molar-refractivity contribution in [1.29, 1.82) is 0 Å². The van der Waals surface area contributed by atoms with Crippen molar-refractivity contribution in [3.63, 3.8) is 0 Å². The molecule has 1 saturated heterocycles. The minimum absolute atomic E-state index is 0.110. The highest BCUT2D eigenvalue weighted by Gasteiger charge is 2.33. The van der Waals surface area contributed by atoms with Crippen LogP contribution in [0.3, 0.4) is 0 Å². The highest BCUT2D eigenvalue weighted by molar-refractivity contribution is 5.99. The van der Waals surface area contributed by atoms with Crippen LogP contribution >= 0.6 is 0 Å². The summed E-state index contributed by atoms with van der Waals surface area (Å²) in [5.74, 6) is -0.439. The van der Waals surface area contributed by atoms with Gasteiger partial charge in [0.05, 0.1) is 7.11 Å². The van der Waals surface area contributed by atoms with E-state index >= 15 is 0 Å². The number of amides is 1. The predicted molar refractivity (Wildman–Crippen MR) is 79.0 cm³/mol. The summed E-state index contributed by atoms with van der Waals surface area (Å²) in [5.41, 5.74) is 1.52. The Kier molecular flexibility index (Phi) is 3.64. The molecule has 110 valence electrons. The number of hydrogen-bond acceptors (Lipinski definition) is 3. The van der Waals surface area contributed by atoms with Gasteiger partial charge in [-0.2, -0.15) is 0 Å². The van der Waals surface area contributed by atoms with Gasteiger partial charge in [0.15, 0.2) is 0 Å². The number of aromatic amines is 1. The summed E-state index contributed by atoms with van der Waals surface area (Å²) >= 11 is 0. The third kappa shape index (κ3) is 2.51. The Hall–Kier alpha value is -2.30. The van der Waals surface area contributed by atoms with Gasteiger partial charge in [0.25, 0.3) is 5.91 Å². The summed E-state index contributed by atoms with van der Waals surface area (Å²) < 4.78 is 4.82. The molecule has 1 aliphatic heterocycles. The van der Waals surface area contributed by atoms with Crippen LogP contribution in [0.2, 0.25) is 0 Å². The molecule has 5 heteroatoms. The maximum Gasteiger partial charge on any atom is 0.328 e. The van der Waals surface area contributed by atoms with Gasteiger partial charge < -0.3 is 14.6 Å². The molecule has 0 bridgehead atoms. The summed E-state index contributed by atoms with van der Waals surface area (Å²) in [6.45, 7) is 0.599. The molecule has 1 fully saturated rings. The number of fused-ring (bicyclic) bond motifs is 1. The van der Waals surface area contributed by atoms with E-state index in [1.807, 2.05) is 24.4 Å². The predicted octanol–water partition coefficient (Wildman–Crippen LogP) is 2.34. The van der Waals surface area contributed by atoms with E-state index in [0.29, 0.717) is 18.5 Å². The number of esters is 1. The third-order valence-electron chi connectivity index (χ3n) is 4.04. The number of piperidine rings is 1. The van der Waals surface area contributed by atoms with Crippen LogP contribution in [-0.4, -0.2) is 41.5 Å². The Balaban J connectivity index is 1.89. The fourth-order valence-electron chi connectivity index (χ4n) is 2.90. The molecule has 2 aromatic rings. The topological polar surface area (TPSA) is 62.4 Å². The Morgan fingerprint density at radius 1 is 1.29 bits per heavy atom. The van der Waals surface area contributed by atoms with Crippen LogP contribution in [0.25, 0.3) is 10.9 Å². The minimum Gasteiger partial charge on any atom is -0.467 e. The van der Waals surface area contributed by atoms with Gasteiger partial charge in [-0.3, -0.25) is 4.79 Å². The van der Waals surface area contributed by atoms with Crippen molar-refractivity contribution >= 4 is 22.8 Å². The van der Waals surface area contributed by atoms with Crippen LogP contribution in [0.5, 0.6) is 0 Å². The van der Waals surface area contributed by atoms with Crippen LogP contribution in [0.15, 0.2) is 30.5 Å². The Morgan fingerprint density at radius 2 is 2.14 bits per heavy atom. The lowest BCUT2D eigenvalue weighted by molar-refractivity contribution is -0.147. The lowest BCUT2D eigenvalue weighted by Crippen LogP contribution is -2.48. The summed E-state index contributed by atoms with van der Waals surface area (Å²) in [5, 5.41) is 1.06. The number of aromatic nitrogens is 1. The number of H-pyrrole nitrogens is 1. The molecule has 1 aromatic carbocycles. The molecule has 1 aromatic heterocycles. The summed E-state index contributed by atoms with van der Waals surface area (Å²) in [6.07, 6.45) is 4.38. The average Bonchev–Trinajstić information content (AvgIpc) is 3.01. The van der Waals surface area contributed by atoms with Gasteiger partial charge in [-0.15, -0.1) is 0 Å². The first-order valence-electron chi connectivity index (χ1n) is 7.16. The van der Waals surface area contributed by atoms with Crippen molar-refractivity contribution in [2.45, 2.75) is 25.3 Å². The number of benzene rings is 1. The van der Waals surface area contributed by atoms with E-state index in [1.165, 1.54) is 7.11 Å². The third-order valence-corrected chi connectivity index (χ3v) is 4.04. The van der Waals surface area contributed by atoms with E-state index < -0.39 is 6.04 Å². The van der Waals surface area contributed by atoms with Crippen LogP contribution < -0.4 is 0 Å². The van der Waals surface area contributed by atoms with Crippen LogP contribution in [-0.2, 0) is 9.53 Å². The zero-order valence-electron chi connectivity index (χ0n) is 12.0. The normalized spacial score (nSPS) is 18.7. The van der Waals surface area contributed by atoms with E-state index in [2.05, 4.69) is 4.98 Å². The van der Waals surface area contributed by atoms with Gasteiger partial charge in [-0.1, -0.05) is 6.07 Å². The number of hydrogen-bond donors (Lipinski definition) is 1. The molecular weight excluding hydrogens is 268 g/mol. The molecule has 1 amide bonds. The molecule has 1 aliphatic rings. The Morgan fingerprint density at radius 3 is 2.95 bits per heavy atom. The van der Waals surface area contributed by atoms with Crippen molar-refractivity contribution in [3.8, 4) is 0 Å². The number of ether oxygens (including phenoxy) is 1. The van der Waals surface area contributed by atoms with Crippen molar-refractivity contribution < 1.29 is 14.3 Å². The van der Waals surface area contributed by atoms with Gasteiger partial charge in [0.1, 0.15) is 6.04 Å². The molecule has 0 aliphatic carbocycles. The second kappa shape index (κ2) is 5.60. The number of likely N-dealkylation sites (tertiary alicyclic amines) is 1. The van der Waals surface area contributed by atoms with E-state index in [1.54, 1.807) is 11.0 Å². The molecule has 1 atom stereocenters. The number of nitrogens with zero attached hydrogens (tertiary/aromatic N) is 1. The smallest absolute Gasteiger partial charge is 0.328 e. The molecule has 3 rings (SSSR count). The second-order valence-corrected chi connectivity index (χ2v) is 5.31. The molecule has 21 heavy (non-hydrogen) atoms. The SMILES string of the molecule is COC(=O)[C@H]1CCCCN1C(=O)c1ccc2cc[nH]c2c1. The second-order valence-electron chi connectivity index (χ2n) is 5.31. The number of nitrogens with one attached hydrogen (secondary N) is 1. The highest BCUT2D eigenvalue weighted by Crippen LogP contribution is 2.22. The van der Waals surface area contributed by atoms with Crippen molar-refractivity contribution in [2.24, 2.45) is 0 Å². The first kappa shape index (κ1) is 13.7. The van der Waals surface area contributed by atoms with E-state index in [-0.39, 0.29) is 11.9 Å². The largest absolute Gasteiger partial charge is 0.467 e. The number of carbonyl (C=O) groups excluding carboxylic acids is 2. The zero-order chi connectivity index (χ0) is 14.8. The lowest BCUT2D eigenvalue weighted by Gasteiger charge is -2.33. The van der Waals surface area contributed by atoms with Crippen LogP contribution in [0, 0.1) is 0 Å². The van der Waals surface area contributed by atoms with Gasteiger partial charge in [-0.05, 0) is 42.8 Å². The molecule has 5 nitrogen and oxygen atoms in total. The van der Waals surface area contributed by atoms with E-state index in [9.17, 15) is 9.59 Å². The average molecular weight is 286 g/mol. The lowest BCUT2D eigenvalue weighted by atomic mass is 10.0. The van der Waals surface area contributed by atoms with E-state index in [4.69, 9.17) is 4.74 Å². The molecule has 1 N–H and O–H groups in total. The van der Waals surface area contributed by atoms with Crippen LogP contribution in [0.4, 0.5) is 0 Å². The monoisotopic (exact) mass is 286 g/mol. The first-order valence-corrected chi connectivity index (χ1v) is 7.16. The van der Waals surface area contributed by atoms with Crippen molar-refractivity contribution in [3.05, 3.63) is 36.0 Å². The summed E-state index contributed by atoms with van der Waals surface area (Å²) in [7, 11) is 1.37. The quantitative estimate of drug-likeness (QED) is 0.862. The molecule has 0 radical (unpaired) electrons. The maximum atomic E-state index is 12.7. The van der Waals surface area contributed by atoms with Gasteiger partial charge in [0.2, 0.25) is 0 Å².